The Morgan fingerprint density at radius 2 is 1.93 bits per heavy atom. The van der Waals surface area contributed by atoms with Gasteiger partial charge in [0.05, 0.1) is 6.61 Å². The standard InChI is InChI=1S/C11H15FOS/c1-3-14-10-6-4-9(5-7-10)11(2,12)8-13/h4-7,13H,3,8H2,1-2H3. The van der Waals surface area contributed by atoms with Gasteiger partial charge < -0.3 is 5.11 Å². The Morgan fingerprint density at radius 1 is 1.36 bits per heavy atom. The highest BCUT2D eigenvalue weighted by Gasteiger charge is 2.24. The Hall–Kier alpha value is -0.540. The maximum Gasteiger partial charge on any atom is 0.156 e. The van der Waals surface area contributed by atoms with Crippen molar-refractivity contribution >= 4 is 11.8 Å². The minimum Gasteiger partial charge on any atom is -0.393 e. The Kier molecular flexibility index (Phi) is 3.96. The monoisotopic (exact) mass is 214 g/mol. The molecule has 0 amide bonds. The average molecular weight is 214 g/mol. The predicted molar refractivity (Wildman–Crippen MR) is 58.4 cm³/mol. The molecule has 1 rings (SSSR count). The highest BCUT2D eigenvalue weighted by Crippen LogP contribution is 2.27. The van der Waals surface area contributed by atoms with Crippen LogP contribution in [-0.4, -0.2) is 17.5 Å². The second-order valence-corrected chi connectivity index (χ2v) is 4.65. The first-order chi connectivity index (χ1) is 6.60. The number of benzene rings is 1. The highest BCUT2D eigenvalue weighted by molar-refractivity contribution is 7.99. The molecule has 0 saturated heterocycles. The fourth-order valence-electron chi connectivity index (χ4n) is 1.16. The van der Waals surface area contributed by atoms with E-state index in [1.165, 1.54) is 6.92 Å². The third-order valence-corrected chi connectivity index (χ3v) is 2.96. The molecule has 1 N–H and O–H groups in total. The molecule has 0 bridgehead atoms. The van der Waals surface area contributed by atoms with Gasteiger partial charge in [-0.05, 0) is 30.4 Å². The second-order valence-electron chi connectivity index (χ2n) is 3.31. The highest BCUT2D eigenvalue weighted by atomic mass is 32.2. The molecule has 78 valence electrons. The molecule has 0 aliphatic carbocycles. The van der Waals surface area contributed by atoms with Gasteiger partial charge in [-0.2, -0.15) is 0 Å². The molecule has 0 aliphatic heterocycles. The van der Waals surface area contributed by atoms with Crippen molar-refractivity contribution in [2.45, 2.75) is 24.4 Å². The van der Waals surface area contributed by atoms with Crippen molar-refractivity contribution < 1.29 is 9.50 Å². The summed E-state index contributed by atoms with van der Waals surface area (Å²) in [6.07, 6.45) is 0. The first kappa shape index (κ1) is 11.5. The van der Waals surface area contributed by atoms with Crippen LogP contribution in [0.3, 0.4) is 0 Å². The van der Waals surface area contributed by atoms with Gasteiger partial charge in [-0.3, -0.25) is 0 Å². The number of thioether (sulfide) groups is 1. The fraction of sp³-hybridized carbons (Fsp3) is 0.455. The molecule has 1 nitrogen and oxygen atoms in total. The maximum absolute atomic E-state index is 13.6. The first-order valence-electron chi connectivity index (χ1n) is 4.63. The molecule has 0 spiro atoms. The number of hydrogen-bond donors (Lipinski definition) is 1. The van der Waals surface area contributed by atoms with Gasteiger partial charge in [0.2, 0.25) is 0 Å². The van der Waals surface area contributed by atoms with Crippen LogP contribution < -0.4 is 0 Å². The molecule has 0 heterocycles. The summed E-state index contributed by atoms with van der Waals surface area (Å²) in [6, 6.07) is 7.23. The number of aliphatic hydroxyl groups excluding tert-OH is 1. The topological polar surface area (TPSA) is 20.2 Å². The SMILES string of the molecule is CCSc1ccc(C(C)(F)CO)cc1. The smallest absolute Gasteiger partial charge is 0.156 e. The lowest BCUT2D eigenvalue weighted by Crippen LogP contribution is -2.19. The molecule has 1 aromatic carbocycles. The van der Waals surface area contributed by atoms with Crippen molar-refractivity contribution in [2.75, 3.05) is 12.4 Å². The maximum atomic E-state index is 13.6. The van der Waals surface area contributed by atoms with Gasteiger partial charge in [0.15, 0.2) is 5.67 Å². The van der Waals surface area contributed by atoms with Crippen LogP contribution in [-0.2, 0) is 5.67 Å². The van der Waals surface area contributed by atoms with Crippen molar-refractivity contribution in [2.24, 2.45) is 0 Å². The molecule has 3 heteroatoms. The van der Waals surface area contributed by atoms with Crippen molar-refractivity contribution in [3.05, 3.63) is 29.8 Å². The van der Waals surface area contributed by atoms with E-state index in [1.54, 1.807) is 23.9 Å². The summed E-state index contributed by atoms with van der Waals surface area (Å²) in [7, 11) is 0. The Balaban J connectivity index is 2.82. The lowest BCUT2D eigenvalue weighted by atomic mass is 9.99. The third-order valence-electron chi connectivity index (χ3n) is 2.06. The molecule has 1 aromatic rings. The van der Waals surface area contributed by atoms with Crippen LogP contribution in [0.1, 0.15) is 19.4 Å². The third kappa shape index (κ3) is 2.72. The number of aliphatic hydroxyl groups is 1. The summed E-state index contributed by atoms with van der Waals surface area (Å²) in [5.41, 5.74) is -1.10. The van der Waals surface area contributed by atoms with E-state index in [0.29, 0.717) is 5.56 Å². The van der Waals surface area contributed by atoms with Gasteiger partial charge in [-0.25, -0.2) is 4.39 Å². The number of alkyl halides is 1. The van der Waals surface area contributed by atoms with Gasteiger partial charge in [0, 0.05) is 4.90 Å². The Labute approximate surface area is 88.3 Å². The van der Waals surface area contributed by atoms with Crippen LogP contribution in [0.25, 0.3) is 0 Å². The van der Waals surface area contributed by atoms with E-state index in [1.807, 2.05) is 12.1 Å². The lowest BCUT2D eigenvalue weighted by Gasteiger charge is -2.17. The zero-order valence-electron chi connectivity index (χ0n) is 8.46. The summed E-state index contributed by atoms with van der Waals surface area (Å²) >= 11 is 1.72. The van der Waals surface area contributed by atoms with Gasteiger partial charge >= 0.3 is 0 Å². The van der Waals surface area contributed by atoms with E-state index in [9.17, 15) is 4.39 Å². The number of halogens is 1. The van der Waals surface area contributed by atoms with E-state index in [0.717, 1.165) is 10.6 Å². The van der Waals surface area contributed by atoms with Crippen LogP contribution in [0.2, 0.25) is 0 Å². The van der Waals surface area contributed by atoms with E-state index < -0.39 is 12.3 Å². The predicted octanol–water partition coefficient (Wildman–Crippen LogP) is 2.98. The molecule has 0 aromatic heterocycles. The zero-order chi connectivity index (χ0) is 10.6. The molecule has 1 atom stereocenters. The second kappa shape index (κ2) is 4.80. The molecule has 14 heavy (non-hydrogen) atoms. The summed E-state index contributed by atoms with van der Waals surface area (Å²) in [5.74, 6) is 1.01. The summed E-state index contributed by atoms with van der Waals surface area (Å²) < 4.78 is 13.6. The van der Waals surface area contributed by atoms with Gasteiger partial charge in [-0.15, -0.1) is 11.8 Å². The van der Waals surface area contributed by atoms with Crippen LogP contribution >= 0.6 is 11.8 Å². The Morgan fingerprint density at radius 3 is 2.36 bits per heavy atom. The summed E-state index contributed by atoms with van der Waals surface area (Å²) in [4.78, 5) is 1.13. The molecule has 0 radical (unpaired) electrons. The van der Waals surface area contributed by atoms with Crippen LogP contribution in [0.5, 0.6) is 0 Å². The minimum atomic E-state index is -1.63. The van der Waals surface area contributed by atoms with Gasteiger partial charge in [0.1, 0.15) is 0 Å². The van der Waals surface area contributed by atoms with Gasteiger partial charge in [-0.1, -0.05) is 19.1 Å². The summed E-state index contributed by atoms with van der Waals surface area (Å²) in [5, 5.41) is 8.84. The number of hydrogen-bond acceptors (Lipinski definition) is 2. The molecule has 1 unspecified atom stereocenters. The van der Waals surface area contributed by atoms with E-state index >= 15 is 0 Å². The lowest BCUT2D eigenvalue weighted by molar-refractivity contribution is 0.0867. The molecule has 0 aliphatic rings. The van der Waals surface area contributed by atoms with Crippen molar-refractivity contribution in [1.29, 1.82) is 0 Å². The quantitative estimate of drug-likeness (QED) is 0.778. The Bertz CT molecular complexity index is 282. The van der Waals surface area contributed by atoms with Crippen LogP contribution in [0, 0.1) is 0 Å². The van der Waals surface area contributed by atoms with E-state index in [-0.39, 0.29) is 0 Å². The molecular formula is C11H15FOS. The summed E-state index contributed by atoms with van der Waals surface area (Å²) in [6.45, 7) is 2.98. The first-order valence-corrected chi connectivity index (χ1v) is 5.62. The van der Waals surface area contributed by atoms with Crippen molar-refractivity contribution in [3.63, 3.8) is 0 Å². The molecular weight excluding hydrogens is 199 g/mol. The van der Waals surface area contributed by atoms with Crippen molar-refractivity contribution in [1.82, 2.24) is 0 Å². The van der Waals surface area contributed by atoms with Crippen LogP contribution in [0.4, 0.5) is 4.39 Å². The zero-order valence-corrected chi connectivity index (χ0v) is 9.27. The normalized spacial score (nSPS) is 15.1. The average Bonchev–Trinajstić information content (AvgIpc) is 2.19. The molecule has 0 fully saturated rings. The van der Waals surface area contributed by atoms with Gasteiger partial charge in [0.25, 0.3) is 0 Å². The minimum absolute atomic E-state index is 0.479. The molecule has 0 saturated carbocycles. The van der Waals surface area contributed by atoms with E-state index in [2.05, 4.69) is 6.92 Å². The van der Waals surface area contributed by atoms with E-state index in [4.69, 9.17) is 5.11 Å². The van der Waals surface area contributed by atoms with Crippen molar-refractivity contribution in [3.8, 4) is 0 Å². The number of rotatable bonds is 4. The largest absolute Gasteiger partial charge is 0.393 e. The fourth-order valence-corrected chi connectivity index (χ4v) is 1.82. The van der Waals surface area contributed by atoms with Crippen LogP contribution in [0.15, 0.2) is 29.2 Å².